The second-order valence-electron chi connectivity index (χ2n) is 1.83. The first-order chi connectivity index (χ1) is 4.29. The smallest absolute Gasteiger partial charge is 0.0909 e. The van der Waals surface area contributed by atoms with Crippen LogP contribution in [-0.4, -0.2) is 11.2 Å². The van der Waals surface area contributed by atoms with E-state index in [4.69, 9.17) is 5.11 Å². The molecule has 0 aromatic heterocycles. The molecule has 0 heterocycles. The summed E-state index contributed by atoms with van der Waals surface area (Å²) in [6.45, 7) is 0. The van der Waals surface area contributed by atoms with E-state index in [1.54, 1.807) is 24.3 Å². The lowest BCUT2D eigenvalue weighted by Crippen LogP contribution is -1.93. The average molecular weight is 140 g/mol. The van der Waals surface area contributed by atoms with Crippen LogP contribution in [0.2, 0.25) is 0 Å². The summed E-state index contributed by atoms with van der Waals surface area (Å²) < 4.78 is 0. The summed E-state index contributed by atoms with van der Waals surface area (Å²) >= 11 is 4.08. The molecule has 0 aromatic rings. The Morgan fingerprint density at radius 2 is 2.22 bits per heavy atom. The molecule has 0 aliphatic heterocycles. The predicted octanol–water partition coefficient (Wildman–Crippen LogP) is 1.29. The molecule has 0 fully saturated rings. The standard InChI is InChI=1S/C7H8OS/c8-6-2-1-3-7(9)5-4-6/h1-6,8-9H. The van der Waals surface area contributed by atoms with E-state index in [0.717, 1.165) is 4.91 Å². The molecule has 9 heavy (non-hydrogen) atoms. The van der Waals surface area contributed by atoms with Crippen molar-refractivity contribution in [1.82, 2.24) is 0 Å². The molecule has 0 bridgehead atoms. The van der Waals surface area contributed by atoms with Crippen LogP contribution in [0.25, 0.3) is 0 Å². The van der Waals surface area contributed by atoms with Crippen LogP contribution in [0.5, 0.6) is 0 Å². The van der Waals surface area contributed by atoms with Crippen LogP contribution in [0.4, 0.5) is 0 Å². The Bertz CT molecular complexity index is 179. The van der Waals surface area contributed by atoms with Crippen molar-refractivity contribution in [1.29, 1.82) is 0 Å². The van der Waals surface area contributed by atoms with Crippen molar-refractivity contribution in [2.45, 2.75) is 6.10 Å². The molecule has 0 saturated carbocycles. The molecule has 48 valence electrons. The molecule has 1 nitrogen and oxygen atoms in total. The molecule has 1 atom stereocenters. The van der Waals surface area contributed by atoms with E-state index in [0.29, 0.717) is 0 Å². The van der Waals surface area contributed by atoms with Gasteiger partial charge in [0.25, 0.3) is 0 Å². The summed E-state index contributed by atoms with van der Waals surface area (Å²) in [5, 5.41) is 8.97. The highest BCUT2D eigenvalue weighted by atomic mass is 32.1. The van der Waals surface area contributed by atoms with Crippen molar-refractivity contribution in [2.75, 3.05) is 0 Å². The fraction of sp³-hybridized carbons (Fsp3) is 0.143. The molecular formula is C7H8OS. The number of hydrogen-bond donors (Lipinski definition) is 2. The van der Waals surface area contributed by atoms with E-state index >= 15 is 0 Å². The van der Waals surface area contributed by atoms with Gasteiger partial charge in [0.2, 0.25) is 0 Å². The van der Waals surface area contributed by atoms with Crippen LogP contribution in [0.1, 0.15) is 0 Å². The van der Waals surface area contributed by atoms with Crippen molar-refractivity contribution >= 4 is 12.6 Å². The molecule has 1 aliphatic carbocycles. The SMILES string of the molecule is OC1C=CC=C(S)C=C1. The van der Waals surface area contributed by atoms with Crippen molar-refractivity contribution in [3.63, 3.8) is 0 Å². The zero-order chi connectivity index (χ0) is 6.69. The fourth-order valence-corrected chi connectivity index (χ4v) is 0.757. The van der Waals surface area contributed by atoms with E-state index in [1.165, 1.54) is 0 Å². The van der Waals surface area contributed by atoms with Crippen LogP contribution >= 0.6 is 12.6 Å². The molecule has 0 amide bonds. The number of rotatable bonds is 0. The Morgan fingerprint density at radius 1 is 1.44 bits per heavy atom. The van der Waals surface area contributed by atoms with Gasteiger partial charge in [-0.25, -0.2) is 0 Å². The maximum atomic E-state index is 8.97. The Morgan fingerprint density at radius 3 is 3.00 bits per heavy atom. The highest BCUT2D eigenvalue weighted by Crippen LogP contribution is 2.07. The van der Waals surface area contributed by atoms with Gasteiger partial charge in [-0.15, -0.1) is 12.6 Å². The minimum Gasteiger partial charge on any atom is -0.385 e. The van der Waals surface area contributed by atoms with Gasteiger partial charge in [0.15, 0.2) is 0 Å². The van der Waals surface area contributed by atoms with Gasteiger partial charge >= 0.3 is 0 Å². The van der Waals surface area contributed by atoms with Crippen molar-refractivity contribution in [3.05, 3.63) is 35.3 Å². The average Bonchev–Trinajstić information content (AvgIpc) is 1.97. The third-order valence-electron chi connectivity index (χ3n) is 1.04. The van der Waals surface area contributed by atoms with E-state index in [1.807, 2.05) is 6.08 Å². The number of aliphatic hydroxyl groups excluding tert-OH is 1. The minimum atomic E-state index is -0.453. The second kappa shape index (κ2) is 2.90. The number of thiol groups is 1. The van der Waals surface area contributed by atoms with Crippen molar-refractivity contribution < 1.29 is 5.11 Å². The maximum absolute atomic E-state index is 8.97. The molecule has 0 saturated heterocycles. The normalized spacial score (nSPS) is 25.6. The van der Waals surface area contributed by atoms with Crippen LogP contribution in [0.15, 0.2) is 35.3 Å². The maximum Gasteiger partial charge on any atom is 0.0909 e. The zero-order valence-electron chi connectivity index (χ0n) is 4.86. The van der Waals surface area contributed by atoms with Crippen molar-refractivity contribution in [2.24, 2.45) is 0 Å². The lowest BCUT2D eigenvalue weighted by molar-refractivity contribution is 0.272. The van der Waals surface area contributed by atoms with Gasteiger partial charge in [-0.3, -0.25) is 0 Å². The van der Waals surface area contributed by atoms with Gasteiger partial charge in [-0.2, -0.15) is 0 Å². The van der Waals surface area contributed by atoms with Gasteiger partial charge in [0.05, 0.1) is 6.10 Å². The van der Waals surface area contributed by atoms with Crippen molar-refractivity contribution in [3.8, 4) is 0 Å². The molecule has 1 unspecified atom stereocenters. The van der Waals surface area contributed by atoms with E-state index in [2.05, 4.69) is 12.6 Å². The quantitative estimate of drug-likeness (QED) is 0.486. The summed E-state index contributed by atoms with van der Waals surface area (Å²) in [4.78, 5) is 0.864. The molecule has 0 aromatic carbocycles. The van der Waals surface area contributed by atoms with Gasteiger partial charge in [-0.1, -0.05) is 18.2 Å². The molecular weight excluding hydrogens is 132 g/mol. The summed E-state index contributed by atoms with van der Waals surface area (Å²) in [5.41, 5.74) is 0. The van der Waals surface area contributed by atoms with Gasteiger partial charge < -0.3 is 5.11 Å². The molecule has 1 rings (SSSR count). The Hall–Kier alpha value is -0.470. The summed E-state index contributed by atoms with van der Waals surface area (Å²) in [6.07, 6.45) is 8.31. The lowest BCUT2D eigenvalue weighted by atomic mass is 10.3. The second-order valence-corrected chi connectivity index (χ2v) is 2.34. The Labute approximate surface area is 59.8 Å². The first-order valence-corrected chi connectivity index (χ1v) is 3.17. The van der Waals surface area contributed by atoms with Crippen LogP contribution in [-0.2, 0) is 0 Å². The third-order valence-corrected chi connectivity index (χ3v) is 1.34. The van der Waals surface area contributed by atoms with Gasteiger partial charge in [0.1, 0.15) is 0 Å². The Balaban J connectivity index is 2.75. The molecule has 1 N–H and O–H groups in total. The topological polar surface area (TPSA) is 20.2 Å². The summed E-state index contributed by atoms with van der Waals surface area (Å²) in [6, 6.07) is 0. The first kappa shape index (κ1) is 6.65. The number of aliphatic hydroxyl groups is 1. The largest absolute Gasteiger partial charge is 0.385 e. The summed E-state index contributed by atoms with van der Waals surface area (Å²) in [7, 11) is 0. The highest BCUT2D eigenvalue weighted by Gasteiger charge is 1.93. The van der Waals surface area contributed by atoms with Gasteiger partial charge in [-0.05, 0) is 12.2 Å². The number of allylic oxidation sites excluding steroid dienone is 3. The minimum absolute atomic E-state index is 0.453. The molecule has 0 radical (unpaired) electrons. The molecule has 2 heteroatoms. The van der Waals surface area contributed by atoms with E-state index < -0.39 is 6.10 Å². The predicted molar refractivity (Wildman–Crippen MR) is 41.4 cm³/mol. The van der Waals surface area contributed by atoms with Crippen LogP contribution in [0, 0.1) is 0 Å². The number of hydrogen-bond acceptors (Lipinski definition) is 2. The lowest BCUT2D eigenvalue weighted by Gasteiger charge is -1.91. The first-order valence-electron chi connectivity index (χ1n) is 2.73. The Kier molecular flexibility index (Phi) is 2.14. The van der Waals surface area contributed by atoms with Crippen LogP contribution in [0.3, 0.4) is 0 Å². The zero-order valence-corrected chi connectivity index (χ0v) is 5.75. The fourth-order valence-electron chi connectivity index (χ4n) is 0.585. The third kappa shape index (κ3) is 2.08. The highest BCUT2D eigenvalue weighted by molar-refractivity contribution is 7.84. The van der Waals surface area contributed by atoms with E-state index in [9.17, 15) is 0 Å². The van der Waals surface area contributed by atoms with Gasteiger partial charge in [0, 0.05) is 4.91 Å². The molecule has 0 spiro atoms. The monoisotopic (exact) mass is 140 g/mol. The molecule has 1 aliphatic rings. The summed E-state index contributed by atoms with van der Waals surface area (Å²) in [5.74, 6) is 0. The van der Waals surface area contributed by atoms with Crippen LogP contribution < -0.4 is 0 Å². The van der Waals surface area contributed by atoms with E-state index in [-0.39, 0.29) is 0 Å².